The number of hydrogen-bond donors (Lipinski definition) is 2. The second-order valence-electron chi connectivity index (χ2n) is 10.5. The summed E-state index contributed by atoms with van der Waals surface area (Å²) >= 11 is 0. The van der Waals surface area contributed by atoms with E-state index >= 15 is 0 Å². The van der Waals surface area contributed by atoms with Gasteiger partial charge in [-0.2, -0.15) is 0 Å². The van der Waals surface area contributed by atoms with Gasteiger partial charge in [0.1, 0.15) is 17.2 Å². The third-order valence-corrected chi connectivity index (χ3v) is 6.29. The van der Waals surface area contributed by atoms with Gasteiger partial charge < -0.3 is 19.9 Å². The van der Waals surface area contributed by atoms with Gasteiger partial charge in [-0.15, -0.1) is 0 Å². The molecule has 1 aliphatic rings. The highest BCUT2D eigenvalue weighted by atomic mass is 19.1. The Balaban J connectivity index is 1.22. The molecule has 0 spiro atoms. The van der Waals surface area contributed by atoms with Crippen molar-refractivity contribution in [2.45, 2.75) is 39.8 Å². The molecular weight excluding hydrogens is 485 g/mol. The fourth-order valence-electron chi connectivity index (χ4n) is 4.44. The van der Waals surface area contributed by atoms with Crippen LogP contribution in [0.25, 0.3) is 22.2 Å². The van der Waals surface area contributed by atoms with Crippen LogP contribution in [0, 0.1) is 12.7 Å². The summed E-state index contributed by atoms with van der Waals surface area (Å²) in [5.41, 5.74) is 4.18. The van der Waals surface area contributed by atoms with E-state index in [-0.39, 0.29) is 11.9 Å². The molecule has 198 valence electrons. The monoisotopic (exact) mass is 517 g/mol. The number of amides is 1. The number of rotatable bonds is 5. The third kappa shape index (κ3) is 6.08. The van der Waals surface area contributed by atoms with Crippen LogP contribution in [-0.4, -0.2) is 67.6 Å². The van der Waals surface area contributed by atoms with Gasteiger partial charge in [-0.1, -0.05) is 6.07 Å². The van der Waals surface area contributed by atoms with Crippen molar-refractivity contribution >= 4 is 28.9 Å². The van der Waals surface area contributed by atoms with Crippen molar-refractivity contribution in [1.82, 2.24) is 29.7 Å². The SMILES string of the molecule is Cc1cc(-c2ccc3nc(Nc4cc(CN5CCN(C(=O)OC(C)(C)C)CC5)ccn4)[nH]c3c2)c(F)cn1. The normalized spacial score (nSPS) is 14.6. The van der Waals surface area contributed by atoms with E-state index in [4.69, 9.17) is 4.74 Å². The number of benzene rings is 1. The molecule has 38 heavy (non-hydrogen) atoms. The number of carbonyl (C=O) groups excluding carboxylic acids is 1. The van der Waals surface area contributed by atoms with Crippen LogP contribution in [0.1, 0.15) is 32.0 Å². The first-order chi connectivity index (χ1) is 18.1. The van der Waals surface area contributed by atoms with Gasteiger partial charge in [-0.05, 0) is 69.2 Å². The lowest BCUT2D eigenvalue weighted by atomic mass is 10.1. The van der Waals surface area contributed by atoms with Crippen LogP contribution in [0.3, 0.4) is 0 Å². The molecule has 0 saturated carbocycles. The number of piperazine rings is 1. The molecular formula is C28H32FN7O2. The number of pyridine rings is 2. The maximum Gasteiger partial charge on any atom is 0.410 e. The maximum absolute atomic E-state index is 14.3. The summed E-state index contributed by atoms with van der Waals surface area (Å²) in [6, 6.07) is 11.3. The Labute approximate surface area is 221 Å². The molecule has 1 saturated heterocycles. The fourth-order valence-corrected chi connectivity index (χ4v) is 4.44. The quantitative estimate of drug-likeness (QED) is 0.372. The zero-order chi connectivity index (χ0) is 26.9. The molecule has 3 aromatic heterocycles. The largest absolute Gasteiger partial charge is 0.444 e. The van der Waals surface area contributed by atoms with Crippen LogP contribution < -0.4 is 5.32 Å². The topological polar surface area (TPSA) is 99.3 Å². The zero-order valence-corrected chi connectivity index (χ0v) is 22.1. The Morgan fingerprint density at radius 2 is 1.89 bits per heavy atom. The summed E-state index contributed by atoms with van der Waals surface area (Å²) in [5.74, 6) is 0.865. The second-order valence-corrected chi connectivity index (χ2v) is 10.5. The molecule has 1 aromatic carbocycles. The Morgan fingerprint density at radius 3 is 2.66 bits per heavy atom. The van der Waals surface area contributed by atoms with E-state index < -0.39 is 5.60 Å². The molecule has 10 heteroatoms. The average Bonchev–Trinajstić information content (AvgIpc) is 3.26. The molecule has 5 rings (SSSR count). The number of carbonyl (C=O) groups is 1. The van der Waals surface area contributed by atoms with Crippen LogP contribution >= 0.6 is 0 Å². The minimum absolute atomic E-state index is 0.258. The van der Waals surface area contributed by atoms with Gasteiger partial charge in [0.05, 0.1) is 17.2 Å². The average molecular weight is 518 g/mol. The Morgan fingerprint density at radius 1 is 1.11 bits per heavy atom. The summed E-state index contributed by atoms with van der Waals surface area (Å²) in [5, 5.41) is 3.24. The number of nitrogens with zero attached hydrogens (tertiary/aromatic N) is 5. The molecule has 0 unspecified atom stereocenters. The summed E-state index contributed by atoms with van der Waals surface area (Å²) in [6.45, 7) is 11.0. The molecule has 0 bridgehead atoms. The minimum atomic E-state index is -0.493. The van der Waals surface area contributed by atoms with E-state index in [9.17, 15) is 9.18 Å². The summed E-state index contributed by atoms with van der Waals surface area (Å²) in [7, 11) is 0. The molecule has 0 aliphatic carbocycles. The van der Waals surface area contributed by atoms with E-state index in [1.54, 1.807) is 17.2 Å². The first-order valence-electron chi connectivity index (χ1n) is 12.7. The van der Waals surface area contributed by atoms with Crippen molar-refractivity contribution in [1.29, 1.82) is 0 Å². The Hall–Kier alpha value is -4.05. The van der Waals surface area contributed by atoms with Gasteiger partial charge in [-0.25, -0.2) is 19.2 Å². The molecule has 9 nitrogen and oxygen atoms in total. The molecule has 1 amide bonds. The number of imidazole rings is 1. The van der Waals surface area contributed by atoms with Crippen molar-refractivity contribution in [3.63, 3.8) is 0 Å². The van der Waals surface area contributed by atoms with E-state index in [1.807, 2.05) is 58.0 Å². The fraction of sp³-hybridized carbons (Fsp3) is 0.357. The molecule has 4 heterocycles. The lowest BCUT2D eigenvalue weighted by molar-refractivity contribution is 0.0139. The number of aromatic amines is 1. The van der Waals surface area contributed by atoms with E-state index in [0.717, 1.165) is 47.5 Å². The van der Waals surface area contributed by atoms with Gasteiger partial charge in [0.2, 0.25) is 5.95 Å². The molecule has 0 radical (unpaired) electrons. The molecule has 1 aliphatic heterocycles. The van der Waals surface area contributed by atoms with E-state index in [1.165, 1.54) is 6.20 Å². The van der Waals surface area contributed by atoms with Crippen LogP contribution in [-0.2, 0) is 11.3 Å². The van der Waals surface area contributed by atoms with Gasteiger partial charge in [0.15, 0.2) is 0 Å². The number of ether oxygens (including phenoxy) is 1. The first kappa shape index (κ1) is 25.6. The number of aromatic nitrogens is 4. The van der Waals surface area contributed by atoms with E-state index in [2.05, 4.69) is 30.2 Å². The van der Waals surface area contributed by atoms with E-state index in [0.29, 0.717) is 30.4 Å². The highest BCUT2D eigenvalue weighted by molar-refractivity contribution is 5.84. The van der Waals surface area contributed by atoms with Crippen molar-refractivity contribution in [3.8, 4) is 11.1 Å². The predicted octanol–water partition coefficient (Wildman–Crippen LogP) is 5.26. The number of nitrogens with one attached hydrogen (secondary N) is 2. The lowest BCUT2D eigenvalue weighted by Gasteiger charge is -2.35. The third-order valence-electron chi connectivity index (χ3n) is 6.29. The summed E-state index contributed by atoms with van der Waals surface area (Å²) in [6.07, 6.45) is 2.75. The smallest absolute Gasteiger partial charge is 0.410 e. The molecule has 0 atom stereocenters. The predicted molar refractivity (Wildman–Crippen MR) is 145 cm³/mol. The Bertz CT molecular complexity index is 1460. The zero-order valence-electron chi connectivity index (χ0n) is 22.1. The van der Waals surface area contributed by atoms with Gasteiger partial charge in [-0.3, -0.25) is 9.88 Å². The van der Waals surface area contributed by atoms with Gasteiger partial charge in [0.25, 0.3) is 0 Å². The highest BCUT2D eigenvalue weighted by Gasteiger charge is 2.25. The van der Waals surface area contributed by atoms with Crippen LogP contribution in [0.2, 0.25) is 0 Å². The minimum Gasteiger partial charge on any atom is -0.444 e. The standard InChI is InChI=1S/C28H32FN7O2/c1-18-13-21(22(29)16-31-18)20-5-6-23-24(15-20)33-26(32-23)34-25-14-19(7-8-30-25)17-35-9-11-36(12-10-35)27(37)38-28(2,3)4/h5-8,13-16H,9-12,17H2,1-4H3,(H2,30,32,33,34). The van der Waals surface area contributed by atoms with Gasteiger partial charge in [0, 0.05) is 50.2 Å². The molecule has 2 N–H and O–H groups in total. The van der Waals surface area contributed by atoms with Crippen LogP contribution in [0.5, 0.6) is 0 Å². The maximum atomic E-state index is 14.3. The van der Waals surface area contributed by atoms with Crippen molar-refractivity contribution in [2.24, 2.45) is 0 Å². The number of halogens is 1. The number of aryl methyl sites for hydroxylation is 1. The van der Waals surface area contributed by atoms with Crippen LogP contribution in [0.15, 0.2) is 48.8 Å². The number of H-pyrrole nitrogens is 1. The number of anilines is 2. The number of hydrogen-bond acceptors (Lipinski definition) is 7. The highest BCUT2D eigenvalue weighted by Crippen LogP contribution is 2.27. The van der Waals surface area contributed by atoms with Crippen molar-refractivity contribution in [2.75, 3.05) is 31.5 Å². The van der Waals surface area contributed by atoms with Crippen LogP contribution in [0.4, 0.5) is 21.0 Å². The molecule has 4 aromatic rings. The van der Waals surface area contributed by atoms with Crippen molar-refractivity contribution < 1.29 is 13.9 Å². The van der Waals surface area contributed by atoms with Crippen molar-refractivity contribution in [3.05, 3.63) is 65.9 Å². The Kier molecular flexibility index (Phi) is 6.98. The van der Waals surface area contributed by atoms with Gasteiger partial charge >= 0.3 is 6.09 Å². The molecule has 1 fully saturated rings. The summed E-state index contributed by atoms with van der Waals surface area (Å²) in [4.78, 5) is 32.7. The first-order valence-corrected chi connectivity index (χ1v) is 12.7. The lowest BCUT2D eigenvalue weighted by Crippen LogP contribution is -2.49. The second kappa shape index (κ2) is 10.4. The summed E-state index contributed by atoms with van der Waals surface area (Å²) < 4.78 is 19.8. The number of fused-ring (bicyclic) bond motifs is 1.